The quantitative estimate of drug-likeness (QED) is 0.133. The van der Waals surface area contributed by atoms with Gasteiger partial charge in [0.25, 0.3) is 0 Å². The minimum Gasteiger partial charge on any atom is -0.478 e. The molecule has 6 rings (SSSR count). The summed E-state index contributed by atoms with van der Waals surface area (Å²) in [6.45, 7) is 3.62. The molecule has 11 nitrogen and oxygen atoms in total. The van der Waals surface area contributed by atoms with Crippen molar-refractivity contribution in [1.29, 1.82) is 0 Å². The van der Waals surface area contributed by atoms with Crippen LogP contribution in [0.4, 0.5) is 5.82 Å². The standard InChI is InChI=1S/C34H33N3O8/c1-33(2)44-28-26(43-31(29(28)45-33)37-20-22(18-19-27(38)39)30(36-41)35-32(37)40)21-42-34(23-12-6-3-7-13-23,24-14-8-4-9-15-24)25-16-10-5-11-17-25/h3-20,26,28-29,31,41H,21H2,1-2H3,(H,38,39)(H,35,36,40)/t26-,28-,29-,31-/m1/s1. The zero-order valence-corrected chi connectivity index (χ0v) is 24.6. The maximum Gasteiger partial charge on any atom is 0.351 e. The average molecular weight is 612 g/mol. The molecular formula is C34H33N3O8. The van der Waals surface area contributed by atoms with E-state index < -0.39 is 47.6 Å². The molecule has 11 heteroatoms. The van der Waals surface area contributed by atoms with Crippen molar-refractivity contribution in [3.05, 3.63) is 136 Å². The number of hydrogen-bond donors (Lipinski definition) is 3. The lowest BCUT2D eigenvalue weighted by molar-refractivity contribution is -0.205. The second kappa shape index (κ2) is 12.4. The molecule has 3 N–H and O–H groups in total. The number of rotatable bonds is 10. The lowest BCUT2D eigenvalue weighted by atomic mass is 9.80. The highest BCUT2D eigenvalue weighted by Gasteiger charge is 2.57. The first kappa shape index (κ1) is 30.4. The summed E-state index contributed by atoms with van der Waals surface area (Å²) in [6, 6.07) is 29.8. The second-order valence-corrected chi connectivity index (χ2v) is 11.2. The van der Waals surface area contributed by atoms with Gasteiger partial charge >= 0.3 is 11.7 Å². The van der Waals surface area contributed by atoms with Gasteiger partial charge in [0.05, 0.1) is 6.61 Å². The van der Waals surface area contributed by atoms with Crippen LogP contribution >= 0.6 is 0 Å². The number of nitrogens with zero attached hydrogens (tertiary/aromatic N) is 2. The summed E-state index contributed by atoms with van der Waals surface area (Å²) in [5.74, 6) is -2.40. The predicted octanol–water partition coefficient (Wildman–Crippen LogP) is 4.57. The number of benzene rings is 3. The van der Waals surface area contributed by atoms with Crippen molar-refractivity contribution in [2.45, 2.75) is 49.8 Å². The van der Waals surface area contributed by atoms with Crippen LogP contribution in [0.1, 0.15) is 42.3 Å². The van der Waals surface area contributed by atoms with Crippen molar-refractivity contribution in [1.82, 2.24) is 9.55 Å². The molecule has 2 aliphatic heterocycles. The van der Waals surface area contributed by atoms with Crippen molar-refractivity contribution in [2.24, 2.45) is 0 Å². The molecule has 3 aromatic carbocycles. The van der Waals surface area contributed by atoms with E-state index in [1.165, 1.54) is 16.8 Å². The monoisotopic (exact) mass is 611 g/mol. The predicted molar refractivity (Wildman–Crippen MR) is 163 cm³/mol. The summed E-state index contributed by atoms with van der Waals surface area (Å²) in [5, 5.41) is 18.6. The topological polar surface area (TPSA) is 141 Å². The minimum absolute atomic E-state index is 0.0556. The molecule has 0 amide bonds. The Hall–Kier alpha value is -4.65. The fourth-order valence-corrected chi connectivity index (χ4v) is 6.03. The highest BCUT2D eigenvalue weighted by molar-refractivity contribution is 5.86. The van der Waals surface area contributed by atoms with Gasteiger partial charge in [0.2, 0.25) is 0 Å². The number of carboxylic acids is 1. The number of aliphatic carboxylic acids is 1. The van der Waals surface area contributed by atoms with E-state index in [-0.39, 0.29) is 18.0 Å². The molecule has 2 aliphatic rings. The van der Waals surface area contributed by atoms with Gasteiger partial charge in [0, 0.05) is 17.8 Å². The van der Waals surface area contributed by atoms with Gasteiger partial charge in [-0.2, -0.15) is 4.98 Å². The number of ether oxygens (including phenoxy) is 4. The lowest BCUT2D eigenvalue weighted by Gasteiger charge is -2.37. The van der Waals surface area contributed by atoms with Gasteiger partial charge in [-0.1, -0.05) is 91.0 Å². The Labute approximate surface area is 259 Å². The van der Waals surface area contributed by atoms with E-state index in [1.807, 2.05) is 96.5 Å². The van der Waals surface area contributed by atoms with Crippen molar-refractivity contribution in [2.75, 3.05) is 12.1 Å². The van der Waals surface area contributed by atoms with E-state index in [9.17, 15) is 14.8 Å². The largest absolute Gasteiger partial charge is 0.478 e. The van der Waals surface area contributed by atoms with Gasteiger partial charge in [-0.15, -0.1) is 0 Å². The van der Waals surface area contributed by atoms with Crippen molar-refractivity contribution >= 4 is 17.9 Å². The first-order chi connectivity index (χ1) is 21.7. The van der Waals surface area contributed by atoms with E-state index in [2.05, 4.69) is 4.98 Å². The molecule has 45 heavy (non-hydrogen) atoms. The summed E-state index contributed by atoms with van der Waals surface area (Å²) in [7, 11) is 0. The summed E-state index contributed by atoms with van der Waals surface area (Å²) in [5.41, 5.74) is 2.98. The number of anilines is 1. The highest BCUT2D eigenvalue weighted by atomic mass is 16.8. The summed E-state index contributed by atoms with van der Waals surface area (Å²) in [6.07, 6.45) is 0.418. The van der Waals surface area contributed by atoms with Crippen LogP contribution < -0.4 is 11.2 Å². The van der Waals surface area contributed by atoms with Gasteiger partial charge in [-0.25, -0.2) is 9.59 Å². The second-order valence-electron chi connectivity index (χ2n) is 11.2. The lowest BCUT2D eigenvalue weighted by Crippen LogP contribution is -2.39. The Bertz CT molecular complexity index is 1630. The fourth-order valence-electron chi connectivity index (χ4n) is 6.03. The van der Waals surface area contributed by atoms with Gasteiger partial charge in [-0.3, -0.25) is 15.3 Å². The zero-order chi connectivity index (χ0) is 31.6. The SMILES string of the molecule is CC1(C)O[C@@H]2[C@H](O1)[C@@H](COC(c1ccccc1)(c1ccccc1)c1ccccc1)O[C@H]2n1cc(C=CC(=O)O)c(NO)nc1=O. The van der Waals surface area contributed by atoms with Crippen LogP contribution in [0.3, 0.4) is 0 Å². The molecule has 2 fully saturated rings. The van der Waals surface area contributed by atoms with E-state index in [0.29, 0.717) is 0 Å². The molecular weight excluding hydrogens is 578 g/mol. The molecule has 0 unspecified atom stereocenters. The molecule has 0 radical (unpaired) electrons. The molecule has 232 valence electrons. The van der Waals surface area contributed by atoms with Crippen molar-refractivity contribution < 1.29 is 34.1 Å². The molecule has 0 aliphatic carbocycles. The number of fused-ring (bicyclic) bond motifs is 1. The average Bonchev–Trinajstić information content (AvgIpc) is 3.54. The van der Waals surface area contributed by atoms with Crippen LogP contribution in [0.25, 0.3) is 6.08 Å². The fraction of sp³-hybridized carbons (Fsp3) is 0.265. The zero-order valence-electron chi connectivity index (χ0n) is 24.6. The van der Waals surface area contributed by atoms with Crippen LogP contribution in [-0.4, -0.2) is 56.5 Å². The number of nitrogens with one attached hydrogen (secondary N) is 1. The number of carboxylic acid groups (broad SMARTS) is 1. The van der Waals surface area contributed by atoms with Gasteiger partial charge in [0.15, 0.2) is 17.8 Å². The molecule has 1 aromatic heterocycles. The maximum atomic E-state index is 13.2. The van der Waals surface area contributed by atoms with Crippen molar-refractivity contribution in [3.63, 3.8) is 0 Å². The summed E-state index contributed by atoms with van der Waals surface area (Å²) < 4.78 is 27.2. The number of carbonyl (C=O) groups is 1. The van der Waals surface area contributed by atoms with Crippen LogP contribution in [-0.2, 0) is 29.3 Å². The molecule has 0 saturated carbocycles. The Morgan fingerprint density at radius 1 is 0.956 bits per heavy atom. The molecule has 0 bridgehead atoms. The third-order valence-corrected chi connectivity index (χ3v) is 7.90. The first-order valence-electron chi connectivity index (χ1n) is 14.5. The Morgan fingerprint density at radius 2 is 1.49 bits per heavy atom. The van der Waals surface area contributed by atoms with E-state index in [4.69, 9.17) is 24.1 Å². The molecule has 4 atom stereocenters. The van der Waals surface area contributed by atoms with Crippen LogP contribution in [0.2, 0.25) is 0 Å². The normalized spacial score (nSPS) is 22.4. The third kappa shape index (κ3) is 5.91. The molecule has 3 heterocycles. The smallest absolute Gasteiger partial charge is 0.351 e. The van der Waals surface area contributed by atoms with Crippen molar-refractivity contribution in [3.8, 4) is 0 Å². The van der Waals surface area contributed by atoms with E-state index in [0.717, 1.165) is 22.8 Å². The molecule has 0 spiro atoms. The Morgan fingerprint density at radius 3 is 2.00 bits per heavy atom. The van der Waals surface area contributed by atoms with Gasteiger partial charge < -0.3 is 24.1 Å². The Balaban J connectivity index is 1.40. The summed E-state index contributed by atoms with van der Waals surface area (Å²) >= 11 is 0. The highest BCUT2D eigenvalue weighted by Crippen LogP contribution is 2.45. The first-order valence-corrected chi connectivity index (χ1v) is 14.5. The van der Waals surface area contributed by atoms with Crippen LogP contribution in [0.5, 0.6) is 0 Å². The van der Waals surface area contributed by atoms with E-state index in [1.54, 1.807) is 13.8 Å². The summed E-state index contributed by atoms with van der Waals surface area (Å²) in [4.78, 5) is 28.2. The van der Waals surface area contributed by atoms with Gasteiger partial charge in [0.1, 0.15) is 23.9 Å². The third-order valence-electron chi connectivity index (χ3n) is 7.90. The van der Waals surface area contributed by atoms with Crippen LogP contribution in [0.15, 0.2) is 108 Å². The van der Waals surface area contributed by atoms with Gasteiger partial charge in [-0.05, 0) is 36.6 Å². The maximum absolute atomic E-state index is 13.2. The Kier molecular flexibility index (Phi) is 8.36. The van der Waals surface area contributed by atoms with Crippen LogP contribution in [0, 0.1) is 0 Å². The number of hydrogen-bond acceptors (Lipinski definition) is 9. The molecule has 2 saturated heterocycles. The number of aromatic nitrogens is 2. The van der Waals surface area contributed by atoms with E-state index >= 15 is 0 Å². The molecule has 4 aromatic rings. The minimum atomic E-state index is -1.21.